The number of methoxy groups -OCH3 is 3. The molecule has 0 aliphatic carbocycles. The van der Waals surface area contributed by atoms with Crippen LogP contribution in [0.2, 0.25) is 0 Å². The molecular formula is C19H23NO5. The van der Waals surface area contributed by atoms with Gasteiger partial charge in [0.2, 0.25) is 5.75 Å². The summed E-state index contributed by atoms with van der Waals surface area (Å²) in [6, 6.07) is 6.91. The molecule has 6 heteroatoms. The molecule has 0 radical (unpaired) electrons. The molecule has 0 bridgehead atoms. The maximum atomic E-state index is 10.1. The fraction of sp³-hybridized carbons (Fsp3) is 0.368. The van der Waals surface area contributed by atoms with Gasteiger partial charge in [-0.25, -0.2) is 0 Å². The van der Waals surface area contributed by atoms with Crippen LogP contribution < -0.4 is 19.5 Å². The molecule has 0 aromatic heterocycles. The lowest BCUT2D eigenvalue weighted by Gasteiger charge is -2.28. The van der Waals surface area contributed by atoms with Crippen molar-refractivity contribution >= 4 is 0 Å². The zero-order valence-electron chi connectivity index (χ0n) is 14.6. The summed E-state index contributed by atoms with van der Waals surface area (Å²) in [4.78, 5) is 0. The summed E-state index contributed by atoms with van der Waals surface area (Å²) in [5.41, 5.74) is 2.80. The summed E-state index contributed by atoms with van der Waals surface area (Å²) in [5.74, 6) is 1.97. The van der Waals surface area contributed by atoms with Crippen LogP contribution in [0.1, 0.15) is 22.7 Å². The van der Waals surface area contributed by atoms with Crippen molar-refractivity contribution in [1.82, 2.24) is 5.32 Å². The van der Waals surface area contributed by atoms with Crippen LogP contribution in [-0.4, -0.2) is 38.1 Å². The van der Waals surface area contributed by atoms with Crippen molar-refractivity contribution in [3.63, 3.8) is 0 Å². The first-order valence-electron chi connectivity index (χ1n) is 8.14. The molecule has 134 valence electrons. The molecule has 2 aromatic rings. The van der Waals surface area contributed by atoms with E-state index in [0.29, 0.717) is 23.7 Å². The van der Waals surface area contributed by atoms with Crippen molar-refractivity contribution in [2.24, 2.45) is 0 Å². The van der Waals surface area contributed by atoms with Crippen LogP contribution >= 0.6 is 0 Å². The Morgan fingerprint density at radius 1 is 1.00 bits per heavy atom. The predicted molar refractivity (Wildman–Crippen MR) is 94.0 cm³/mol. The molecule has 0 saturated carbocycles. The van der Waals surface area contributed by atoms with Crippen LogP contribution in [0.25, 0.3) is 0 Å². The second kappa shape index (κ2) is 7.11. The Morgan fingerprint density at radius 2 is 1.68 bits per heavy atom. The first kappa shape index (κ1) is 17.2. The second-order valence-corrected chi connectivity index (χ2v) is 6.03. The van der Waals surface area contributed by atoms with Crippen molar-refractivity contribution in [3.05, 3.63) is 41.0 Å². The van der Waals surface area contributed by atoms with E-state index in [0.717, 1.165) is 29.7 Å². The first-order valence-corrected chi connectivity index (χ1v) is 8.14. The fourth-order valence-corrected chi connectivity index (χ4v) is 3.40. The van der Waals surface area contributed by atoms with Gasteiger partial charge in [0.25, 0.3) is 0 Å². The van der Waals surface area contributed by atoms with Crippen LogP contribution in [-0.2, 0) is 12.8 Å². The van der Waals surface area contributed by atoms with Gasteiger partial charge in [0, 0.05) is 17.7 Å². The number of hydrogen-bond acceptors (Lipinski definition) is 6. The Hall–Kier alpha value is -2.60. The topological polar surface area (TPSA) is 80.2 Å². The molecule has 3 N–H and O–H groups in total. The number of rotatable bonds is 5. The van der Waals surface area contributed by atoms with E-state index < -0.39 is 0 Å². The summed E-state index contributed by atoms with van der Waals surface area (Å²) >= 11 is 0. The van der Waals surface area contributed by atoms with Gasteiger partial charge in [-0.1, -0.05) is 0 Å². The van der Waals surface area contributed by atoms with Gasteiger partial charge in [-0.05, 0) is 48.7 Å². The van der Waals surface area contributed by atoms with E-state index in [1.165, 1.54) is 6.07 Å². The van der Waals surface area contributed by atoms with Gasteiger partial charge in [-0.2, -0.15) is 0 Å². The molecule has 3 rings (SSSR count). The molecule has 0 fully saturated rings. The highest BCUT2D eigenvalue weighted by Gasteiger charge is 2.24. The molecule has 25 heavy (non-hydrogen) atoms. The van der Waals surface area contributed by atoms with Crippen molar-refractivity contribution in [2.45, 2.75) is 18.9 Å². The molecule has 0 amide bonds. The summed E-state index contributed by atoms with van der Waals surface area (Å²) in [5, 5.41) is 23.4. The standard InChI is InChI=1S/C19H23NO5/c1-23-17-7-11(8-18(24-2)19(17)25-3)6-15-14-9-12(21)10-16(22)13(14)4-5-20-15/h7-10,15,20-22H,4-6H2,1-3H3. The van der Waals surface area contributed by atoms with Crippen molar-refractivity contribution in [3.8, 4) is 28.7 Å². The van der Waals surface area contributed by atoms with Gasteiger partial charge in [-0.15, -0.1) is 0 Å². The van der Waals surface area contributed by atoms with Crippen LogP contribution in [0.4, 0.5) is 0 Å². The number of fused-ring (bicyclic) bond motifs is 1. The highest BCUT2D eigenvalue weighted by Crippen LogP contribution is 2.40. The maximum Gasteiger partial charge on any atom is 0.203 e. The Bertz CT molecular complexity index is 750. The van der Waals surface area contributed by atoms with Crippen LogP contribution in [0.5, 0.6) is 28.7 Å². The van der Waals surface area contributed by atoms with Gasteiger partial charge in [0.05, 0.1) is 21.3 Å². The number of benzene rings is 2. The summed E-state index contributed by atoms with van der Waals surface area (Å²) in [7, 11) is 4.75. The lowest BCUT2D eigenvalue weighted by Crippen LogP contribution is -2.31. The minimum Gasteiger partial charge on any atom is -0.508 e. The summed E-state index contributed by atoms with van der Waals surface area (Å²) in [6.45, 7) is 0.764. The number of phenols is 2. The highest BCUT2D eigenvalue weighted by atomic mass is 16.5. The van der Waals surface area contributed by atoms with Crippen LogP contribution in [0.3, 0.4) is 0 Å². The third kappa shape index (κ3) is 3.30. The van der Waals surface area contributed by atoms with E-state index in [1.807, 2.05) is 12.1 Å². The Balaban J connectivity index is 1.97. The lowest BCUT2D eigenvalue weighted by atomic mass is 9.89. The largest absolute Gasteiger partial charge is 0.508 e. The van der Waals surface area contributed by atoms with Crippen molar-refractivity contribution in [2.75, 3.05) is 27.9 Å². The van der Waals surface area contributed by atoms with E-state index in [-0.39, 0.29) is 17.5 Å². The fourth-order valence-electron chi connectivity index (χ4n) is 3.40. The molecule has 1 aliphatic heterocycles. The number of aromatic hydroxyl groups is 2. The normalized spacial score (nSPS) is 16.2. The van der Waals surface area contributed by atoms with Crippen LogP contribution in [0, 0.1) is 0 Å². The van der Waals surface area contributed by atoms with Gasteiger partial charge >= 0.3 is 0 Å². The zero-order chi connectivity index (χ0) is 18.0. The van der Waals surface area contributed by atoms with Crippen molar-refractivity contribution in [1.29, 1.82) is 0 Å². The van der Waals surface area contributed by atoms with E-state index >= 15 is 0 Å². The Morgan fingerprint density at radius 3 is 2.28 bits per heavy atom. The number of phenolic OH excluding ortho intramolecular Hbond substituents is 2. The van der Waals surface area contributed by atoms with Gasteiger partial charge in [-0.3, -0.25) is 0 Å². The van der Waals surface area contributed by atoms with Gasteiger partial charge in [0.15, 0.2) is 11.5 Å². The highest BCUT2D eigenvalue weighted by molar-refractivity contribution is 5.54. The van der Waals surface area contributed by atoms with Gasteiger partial charge < -0.3 is 29.7 Å². The van der Waals surface area contributed by atoms with E-state index in [9.17, 15) is 10.2 Å². The Labute approximate surface area is 147 Å². The molecule has 1 aliphatic rings. The molecule has 1 atom stereocenters. The molecular weight excluding hydrogens is 322 g/mol. The zero-order valence-corrected chi connectivity index (χ0v) is 14.6. The molecule has 1 unspecified atom stereocenters. The molecule has 6 nitrogen and oxygen atoms in total. The average Bonchev–Trinajstić information content (AvgIpc) is 2.61. The van der Waals surface area contributed by atoms with Crippen molar-refractivity contribution < 1.29 is 24.4 Å². The molecule has 0 saturated heterocycles. The molecule has 2 aromatic carbocycles. The quantitative estimate of drug-likeness (QED) is 0.773. The minimum absolute atomic E-state index is 0.0236. The SMILES string of the molecule is COc1cc(CC2NCCc3c(O)cc(O)cc32)cc(OC)c1OC. The third-order valence-corrected chi connectivity index (χ3v) is 4.55. The first-order chi connectivity index (χ1) is 12.1. The maximum absolute atomic E-state index is 10.1. The lowest BCUT2D eigenvalue weighted by molar-refractivity contribution is 0.323. The number of nitrogens with one attached hydrogen (secondary N) is 1. The predicted octanol–water partition coefficient (Wildman–Crippen LogP) is 2.55. The molecule has 0 spiro atoms. The van der Waals surface area contributed by atoms with E-state index in [1.54, 1.807) is 27.4 Å². The monoisotopic (exact) mass is 345 g/mol. The molecule has 1 heterocycles. The second-order valence-electron chi connectivity index (χ2n) is 6.03. The Kier molecular flexibility index (Phi) is 4.90. The number of ether oxygens (including phenoxy) is 3. The minimum atomic E-state index is -0.0236. The number of hydrogen-bond donors (Lipinski definition) is 3. The van der Waals surface area contributed by atoms with Crippen LogP contribution in [0.15, 0.2) is 24.3 Å². The van der Waals surface area contributed by atoms with E-state index in [2.05, 4.69) is 5.32 Å². The average molecular weight is 345 g/mol. The summed E-state index contributed by atoms with van der Waals surface area (Å²) in [6.07, 6.45) is 1.39. The van der Waals surface area contributed by atoms with Gasteiger partial charge in [0.1, 0.15) is 11.5 Å². The summed E-state index contributed by atoms with van der Waals surface area (Å²) < 4.78 is 16.2. The van der Waals surface area contributed by atoms with E-state index in [4.69, 9.17) is 14.2 Å². The smallest absolute Gasteiger partial charge is 0.203 e. The third-order valence-electron chi connectivity index (χ3n) is 4.55.